The third-order valence-corrected chi connectivity index (χ3v) is 13.9. The molecule has 5 heteroatoms. The molecule has 0 saturated heterocycles. The van der Waals surface area contributed by atoms with E-state index in [1.165, 1.54) is 23.9 Å². The molecule has 0 aliphatic rings. The molecule has 0 aliphatic heterocycles. The third-order valence-electron chi connectivity index (χ3n) is 7.26. The van der Waals surface area contributed by atoms with E-state index in [0.29, 0.717) is 5.75 Å². The van der Waals surface area contributed by atoms with E-state index in [0.717, 1.165) is 32.6 Å². The van der Waals surface area contributed by atoms with Gasteiger partial charge in [0.05, 0.1) is 0 Å². The molecule has 170 valence electrons. The second-order valence-electron chi connectivity index (χ2n) is 8.86. The van der Waals surface area contributed by atoms with Crippen molar-refractivity contribution in [3.05, 3.63) is 66.7 Å². The van der Waals surface area contributed by atoms with Gasteiger partial charge in [0, 0.05) is 5.39 Å². The zero-order chi connectivity index (χ0) is 23.3. The van der Waals surface area contributed by atoms with E-state index in [9.17, 15) is 0 Å². The SMILES string of the molecule is CC[PH](CC)(CC)C(C)C.OB(O)Oc1cccc2ccc3cc4ccccc4cc3c12. The second-order valence-corrected chi connectivity index (χ2v) is 14.9. The van der Waals surface area contributed by atoms with Gasteiger partial charge < -0.3 is 14.7 Å². The van der Waals surface area contributed by atoms with Crippen molar-refractivity contribution >= 4 is 46.9 Å². The van der Waals surface area contributed by atoms with Crippen molar-refractivity contribution in [1.82, 2.24) is 0 Å². The average molecular weight is 450 g/mol. The summed E-state index contributed by atoms with van der Waals surface area (Å²) < 4.78 is 5.16. The molecular formula is C27H36BO3P. The number of fused-ring (bicyclic) bond motifs is 4. The minimum absolute atomic E-state index is 0.466. The summed E-state index contributed by atoms with van der Waals surface area (Å²) in [6.45, 7) is 11.9. The Balaban J connectivity index is 0.000000247. The first-order chi connectivity index (χ1) is 15.3. The Bertz CT molecular complexity index is 1180. The molecule has 0 amide bonds. The topological polar surface area (TPSA) is 49.7 Å². The predicted octanol–water partition coefficient (Wildman–Crippen LogP) is 6.70. The van der Waals surface area contributed by atoms with Crippen LogP contribution < -0.4 is 4.65 Å². The molecule has 32 heavy (non-hydrogen) atoms. The maximum absolute atomic E-state index is 9.14. The van der Waals surface area contributed by atoms with Crippen LogP contribution in [0, 0.1) is 0 Å². The first-order valence-corrected chi connectivity index (χ1v) is 14.4. The molecule has 4 aromatic rings. The Kier molecular flexibility index (Phi) is 8.17. The number of benzene rings is 4. The van der Waals surface area contributed by atoms with Crippen molar-refractivity contribution in [2.45, 2.75) is 40.3 Å². The first-order valence-electron chi connectivity index (χ1n) is 11.7. The van der Waals surface area contributed by atoms with Gasteiger partial charge in [-0.05, 0) is 45.1 Å². The molecule has 0 unspecified atom stereocenters. The molecule has 0 fully saturated rings. The summed E-state index contributed by atoms with van der Waals surface area (Å²) in [4.78, 5) is 0. The molecule has 0 aromatic heterocycles. The summed E-state index contributed by atoms with van der Waals surface area (Å²) in [5, 5.41) is 24.6. The minimum Gasteiger partial charge on any atom is -0.511 e. The van der Waals surface area contributed by atoms with Crippen LogP contribution in [0.1, 0.15) is 34.6 Å². The molecule has 4 aromatic carbocycles. The fraction of sp³-hybridized carbons (Fsp3) is 0.333. The molecule has 0 saturated carbocycles. The van der Waals surface area contributed by atoms with E-state index in [1.807, 2.05) is 30.3 Å². The van der Waals surface area contributed by atoms with Crippen molar-refractivity contribution in [3.8, 4) is 5.75 Å². The Hall–Kier alpha value is -2.13. The van der Waals surface area contributed by atoms with Crippen LogP contribution in [0.15, 0.2) is 66.7 Å². The molecule has 0 bridgehead atoms. The Labute approximate surface area is 192 Å². The van der Waals surface area contributed by atoms with Gasteiger partial charge in [0.1, 0.15) is 5.75 Å². The summed E-state index contributed by atoms with van der Waals surface area (Å²) in [5.41, 5.74) is 0.979. The van der Waals surface area contributed by atoms with Crippen molar-refractivity contribution < 1.29 is 14.7 Å². The maximum atomic E-state index is 9.14. The van der Waals surface area contributed by atoms with Crippen LogP contribution in [-0.2, 0) is 0 Å². The van der Waals surface area contributed by atoms with E-state index in [-0.39, 0.29) is 0 Å². The van der Waals surface area contributed by atoms with Crippen molar-refractivity contribution in [2.75, 3.05) is 18.5 Å². The maximum Gasteiger partial charge on any atom is 0.707 e. The summed E-state index contributed by atoms with van der Waals surface area (Å²) in [6.07, 6.45) is 4.41. The van der Waals surface area contributed by atoms with E-state index in [1.54, 1.807) is 6.07 Å². The molecule has 0 atom stereocenters. The molecule has 0 aliphatic carbocycles. The average Bonchev–Trinajstić information content (AvgIpc) is 2.79. The zero-order valence-corrected chi connectivity index (χ0v) is 20.9. The van der Waals surface area contributed by atoms with Gasteiger partial charge in [-0.25, -0.2) is 0 Å². The zero-order valence-electron chi connectivity index (χ0n) is 19.9. The van der Waals surface area contributed by atoms with Gasteiger partial charge in [0.2, 0.25) is 0 Å². The molecule has 0 spiro atoms. The van der Waals surface area contributed by atoms with Gasteiger partial charge in [-0.1, -0.05) is 48.5 Å². The van der Waals surface area contributed by atoms with Crippen molar-refractivity contribution in [1.29, 1.82) is 0 Å². The Morgan fingerprint density at radius 2 is 1.31 bits per heavy atom. The largest absolute Gasteiger partial charge is 0.707 e. The Morgan fingerprint density at radius 3 is 1.84 bits per heavy atom. The summed E-state index contributed by atoms with van der Waals surface area (Å²) in [6, 6.07) is 22.1. The van der Waals surface area contributed by atoms with Crippen LogP contribution >= 0.6 is 7.26 Å². The quantitative estimate of drug-likeness (QED) is 0.149. The first kappa shape index (κ1) is 24.5. The van der Waals surface area contributed by atoms with Crippen molar-refractivity contribution in [3.63, 3.8) is 0 Å². The molecule has 4 rings (SSSR count). The van der Waals surface area contributed by atoms with Gasteiger partial charge in [-0.3, -0.25) is 0 Å². The summed E-state index contributed by atoms with van der Waals surface area (Å²) in [5.74, 6) is 0.466. The van der Waals surface area contributed by atoms with Gasteiger partial charge in [0.15, 0.2) is 0 Å². The third kappa shape index (κ3) is 5.09. The van der Waals surface area contributed by atoms with E-state index < -0.39 is 14.6 Å². The van der Waals surface area contributed by atoms with Crippen LogP contribution in [0.5, 0.6) is 5.75 Å². The van der Waals surface area contributed by atoms with Crippen LogP contribution in [0.25, 0.3) is 32.3 Å². The predicted molar refractivity (Wildman–Crippen MR) is 145 cm³/mol. The molecule has 2 N–H and O–H groups in total. The molecule has 0 heterocycles. The fourth-order valence-corrected chi connectivity index (χ4v) is 8.90. The normalized spacial score (nSPS) is 12.1. The number of hydrogen-bond donors (Lipinski definition) is 2. The van der Waals surface area contributed by atoms with Crippen molar-refractivity contribution in [2.24, 2.45) is 0 Å². The monoisotopic (exact) mass is 450 g/mol. The van der Waals surface area contributed by atoms with Gasteiger partial charge in [0.25, 0.3) is 0 Å². The van der Waals surface area contributed by atoms with Crippen LogP contribution in [0.2, 0.25) is 0 Å². The smallest absolute Gasteiger partial charge is 0.511 e. The minimum atomic E-state index is -1.83. The van der Waals surface area contributed by atoms with Crippen LogP contribution in [-0.4, -0.2) is 41.5 Å². The summed E-state index contributed by atoms with van der Waals surface area (Å²) in [7, 11) is -2.63. The van der Waals surface area contributed by atoms with Gasteiger partial charge >= 0.3 is 73.3 Å². The fourth-order valence-electron chi connectivity index (χ4n) is 4.95. The Morgan fingerprint density at radius 1 is 0.750 bits per heavy atom. The van der Waals surface area contributed by atoms with Gasteiger partial charge in [-0.15, -0.1) is 0 Å². The van der Waals surface area contributed by atoms with E-state index >= 15 is 0 Å². The standard InChI is InChI=1S/C18H13BO3.C9H23P/c20-19(21)22-17-7-3-6-12-8-9-15-10-13-4-1-2-5-14(13)11-16(15)18(12)17;1-6-10(7-2,8-3)9(4)5/h1-11,20-21H;9-10H,6-8H2,1-5H3. The number of hydrogen-bond acceptors (Lipinski definition) is 3. The van der Waals surface area contributed by atoms with Crippen LogP contribution in [0.3, 0.4) is 0 Å². The molecular weight excluding hydrogens is 414 g/mol. The second kappa shape index (κ2) is 10.7. The molecule has 0 radical (unpaired) electrons. The molecule has 3 nitrogen and oxygen atoms in total. The van der Waals surface area contributed by atoms with Crippen LogP contribution in [0.4, 0.5) is 0 Å². The number of rotatable bonds is 6. The van der Waals surface area contributed by atoms with E-state index in [4.69, 9.17) is 14.7 Å². The van der Waals surface area contributed by atoms with E-state index in [2.05, 4.69) is 65.0 Å². The summed E-state index contributed by atoms with van der Waals surface area (Å²) >= 11 is 0. The van der Waals surface area contributed by atoms with Gasteiger partial charge in [-0.2, -0.15) is 0 Å².